The zero-order valence-corrected chi connectivity index (χ0v) is 11.9. The number of esters is 1. The normalized spacial score (nSPS) is 12.1. The van der Waals surface area contributed by atoms with E-state index in [1.54, 1.807) is 6.92 Å². The molecule has 2 aromatic rings. The van der Waals surface area contributed by atoms with Crippen molar-refractivity contribution in [3.8, 4) is 0 Å². The number of methoxy groups -OCH3 is 1. The van der Waals surface area contributed by atoms with Gasteiger partial charge in [-0.2, -0.15) is 0 Å². The van der Waals surface area contributed by atoms with E-state index in [-0.39, 0.29) is 19.3 Å². The van der Waals surface area contributed by atoms with Gasteiger partial charge in [-0.05, 0) is 19.1 Å². The van der Waals surface area contributed by atoms with Gasteiger partial charge in [0.1, 0.15) is 18.0 Å². The first-order chi connectivity index (χ1) is 10.1. The number of hydrogen-bond donors (Lipinski definition) is 1. The molecular weight excluding hydrogens is 274 g/mol. The number of para-hydroxylation sites is 1. The summed E-state index contributed by atoms with van der Waals surface area (Å²) in [7, 11) is 1.38. The van der Waals surface area contributed by atoms with Gasteiger partial charge in [0.05, 0.1) is 6.04 Å². The van der Waals surface area contributed by atoms with Crippen LogP contribution in [0.25, 0.3) is 11.0 Å². The fourth-order valence-corrected chi connectivity index (χ4v) is 1.88. The summed E-state index contributed by atoms with van der Waals surface area (Å²) in [6.45, 7) is 1.28. The van der Waals surface area contributed by atoms with Crippen LogP contribution < -0.4 is 5.32 Å². The molecule has 1 aromatic carbocycles. The summed E-state index contributed by atoms with van der Waals surface area (Å²) in [6.07, 6.45) is 0. The Labute approximate surface area is 122 Å². The summed E-state index contributed by atoms with van der Waals surface area (Å²) in [5.41, 5.74) is 0.764. The van der Waals surface area contributed by atoms with Gasteiger partial charge >= 0.3 is 5.97 Å². The van der Waals surface area contributed by atoms with Gasteiger partial charge < -0.3 is 19.2 Å². The predicted octanol–water partition coefficient (Wildman–Crippen LogP) is 1.80. The van der Waals surface area contributed by atoms with Crippen LogP contribution in [0.1, 0.15) is 18.7 Å². The molecule has 21 heavy (non-hydrogen) atoms. The van der Waals surface area contributed by atoms with Crippen LogP contribution in [0.4, 0.5) is 0 Å². The molecule has 0 aliphatic rings. The average Bonchev–Trinajstić information content (AvgIpc) is 2.89. The van der Waals surface area contributed by atoms with E-state index in [0.717, 1.165) is 11.0 Å². The Morgan fingerprint density at radius 3 is 2.76 bits per heavy atom. The number of rotatable bonds is 6. The van der Waals surface area contributed by atoms with Crippen molar-refractivity contribution in [2.45, 2.75) is 13.0 Å². The molecule has 0 saturated heterocycles. The van der Waals surface area contributed by atoms with Gasteiger partial charge in [-0.1, -0.05) is 18.2 Å². The quantitative estimate of drug-likeness (QED) is 0.821. The second-order valence-corrected chi connectivity index (χ2v) is 4.57. The smallest absolute Gasteiger partial charge is 0.332 e. The van der Waals surface area contributed by atoms with Crippen LogP contribution in [-0.2, 0) is 19.1 Å². The first-order valence-corrected chi connectivity index (χ1v) is 6.52. The molecule has 0 aliphatic heterocycles. The molecule has 0 aliphatic carbocycles. The maximum absolute atomic E-state index is 11.7. The van der Waals surface area contributed by atoms with Gasteiger partial charge in [0.2, 0.25) is 0 Å². The Kier molecular flexibility index (Phi) is 4.94. The number of hydrogen-bond acceptors (Lipinski definition) is 5. The summed E-state index contributed by atoms with van der Waals surface area (Å²) in [5.74, 6) is -0.329. The summed E-state index contributed by atoms with van der Waals surface area (Å²) in [6, 6.07) is 9.15. The van der Waals surface area contributed by atoms with Crippen LogP contribution in [0.2, 0.25) is 0 Å². The zero-order valence-electron chi connectivity index (χ0n) is 11.9. The molecular formula is C15H17NO5. The van der Waals surface area contributed by atoms with E-state index >= 15 is 0 Å². The minimum absolute atomic E-state index is 0.174. The highest BCUT2D eigenvalue weighted by atomic mass is 16.6. The van der Waals surface area contributed by atoms with Crippen molar-refractivity contribution >= 4 is 22.8 Å². The van der Waals surface area contributed by atoms with E-state index in [4.69, 9.17) is 9.15 Å². The van der Waals surface area contributed by atoms with Crippen LogP contribution in [0.15, 0.2) is 34.7 Å². The van der Waals surface area contributed by atoms with Crippen LogP contribution in [-0.4, -0.2) is 32.2 Å². The molecule has 0 fully saturated rings. The second kappa shape index (κ2) is 6.90. The lowest BCUT2D eigenvalue weighted by atomic mass is 10.2. The third-order valence-corrected chi connectivity index (χ3v) is 2.88. The predicted molar refractivity (Wildman–Crippen MR) is 75.6 cm³/mol. The summed E-state index contributed by atoms with van der Waals surface area (Å²) < 4.78 is 15.0. The minimum atomic E-state index is -0.580. The van der Waals surface area contributed by atoms with Gasteiger partial charge in [0.15, 0.2) is 6.61 Å². The molecule has 1 aromatic heterocycles. The van der Waals surface area contributed by atoms with E-state index < -0.39 is 11.9 Å². The minimum Gasteiger partial charge on any atom is -0.459 e. The van der Waals surface area contributed by atoms with Crippen molar-refractivity contribution in [3.05, 3.63) is 36.1 Å². The van der Waals surface area contributed by atoms with Crippen LogP contribution >= 0.6 is 0 Å². The third-order valence-electron chi connectivity index (χ3n) is 2.88. The van der Waals surface area contributed by atoms with Gasteiger partial charge in [0.25, 0.3) is 5.91 Å². The topological polar surface area (TPSA) is 77.8 Å². The van der Waals surface area contributed by atoms with E-state index in [2.05, 4.69) is 10.1 Å². The van der Waals surface area contributed by atoms with Crippen LogP contribution in [0.3, 0.4) is 0 Å². The third kappa shape index (κ3) is 4.06. The lowest BCUT2D eigenvalue weighted by Crippen LogP contribution is -2.31. The molecule has 1 N–H and O–H groups in total. The highest BCUT2D eigenvalue weighted by Gasteiger charge is 2.15. The molecule has 1 amide bonds. The Bertz CT molecular complexity index is 601. The standard InChI is InChI=1S/C15H17NO5/c1-10(16-14(17)8-20-15(18)9-19-2)13-7-11-5-3-4-6-12(11)21-13/h3-7,10H,8-9H2,1-2H3,(H,16,17)/t10-/m1/s1. The summed E-state index contributed by atoms with van der Waals surface area (Å²) >= 11 is 0. The maximum atomic E-state index is 11.7. The lowest BCUT2D eigenvalue weighted by Gasteiger charge is -2.11. The molecule has 2 rings (SSSR count). The van der Waals surface area contributed by atoms with Gasteiger partial charge in [0, 0.05) is 12.5 Å². The number of fused-ring (bicyclic) bond motifs is 1. The highest BCUT2D eigenvalue weighted by molar-refractivity contribution is 5.81. The molecule has 1 atom stereocenters. The highest BCUT2D eigenvalue weighted by Crippen LogP contribution is 2.23. The molecule has 0 bridgehead atoms. The van der Waals surface area contributed by atoms with Crippen molar-refractivity contribution in [2.75, 3.05) is 20.3 Å². The molecule has 0 spiro atoms. The van der Waals surface area contributed by atoms with Crippen LogP contribution in [0, 0.1) is 0 Å². The Balaban J connectivity index is 1.90. The summed E-state index contributed by atoms with van der Waals surface area (Å²) in [4.78, 5) is 22.8. The van der Waals surface area contributed by atoms with E-state index in [0.29, 0.717) is 5.76 Å². The fourth-order valence-electron chi connectivity index (χ4n) is 1.88. The molecule has 0 radical (unpaired) electrons. The van der Waals surface area contributed by atoms with Gasteiger partial charge in [-0.25, -0.2) is 4.79 Å². The Morgan fingerprint density at radius 1 is 1.29 bits per heavy atom. The molecule has 112 valence electrons. The van der Waals surface area contributed by atoms with E-state index in [1.807, 2.05) is 30.3 Å². The molecule has 0 saturated carbocycles. The molecule has 1 heterocycles. The zero-order chi connectivity index (χ0) is 15.2. The van der Waals surface area contributed by atoms with E-state index in [1.165, 1.54) is 7.11 Å². The fraction of sp³-hybridized carbons (Fsp3) is 0.333. The maximum Gasteiger partial charge on any atom is 0.332 e. The number of carbonyl (C=O) groups excluding carboxylic acids is 2. The van der Waals surface area contributed by atoms with Gasteiger partial charge in [-0.15, -0.1) is 0 Å². The number of carbonyl (C=O) groups is 2. The summed E-state index contributed by atoms with van der Waals surface area (Å²) in [5, 5.41) is 3.68. The number of amides is 1. The van der Waals surface area contributed by atoms with Crippen molar-refractivity contribution in [2.24, 2.45) is 0 Å². The molecule has 0 unspecified atom stereocenters. The Morgan fingerprint density at radius 2 is 2.05 bits per heavy atom. The largest absolute Gasteiger partial charge is 0.459 e. The molecule has 6 heteroatoms. The number of nitrogens with one attached hydrogen (secondary N) is 1. The first-order valence-electron chi connectivity index (χ1n) is 6.52. The van der Waals surface area contributed by atoms with E-state index in [9.17, 15) is 9.59 Å². The number of furan rings is 1. The molecule has 6 nitrogen and oxygen atoms in total. The first kappa shape index (κ1) is 15.1. The number of ether oxygens (including phenoxy) is 2. The van der Waals surface area contributed by atoms with Crippen molar-refractivity contribution < 1.29 is 23.5 Å². The average molecular weight is 291 g/mol. The Hall–Kier alpha value is -2.34. The second-order valence-electron chi connectivity index (χ2n) is 4.57. The van der Waals surface area contributed by atoms with Crippen molar-refractivity contribution in [1.29, 1.82) is 0 Å². The van der Waals surface area contributed by atoms with Crippen LogP contribution in [0.5, 0.6) is 0 Å². The SMILES string of the molecule is COCC(=O)OCC(=O)N[C@H](C)c1cc2ccccc2o1. The number of benzene rings is 1. The van der Waals surface area contributed by atoms with Crippen molar-refractivity contribution in [1.82, 2.24) is 5.32 Å². The monoisotopic (exact) mass is 291 g/mol. The van der Waals surface area contributed by atoms with Crippen molar-refractivity contribution in [3.63, 3.8) is 0 Å². The lowest BCUT2D eigenvalue weighted by molar-refractivity contribution is -0.152. The van der Waals surface area contributed by atoms with Gasteiger partial charge in [-0.3, -0.25) is 4.79 Å².